The number of aryl methyl sites for hydroxylation is 3. The minimum Gasteiger partial charge on any atom is -0.382 e. The molecule has 0 saturated heterocycles. The van der Waals surface area contributed by atoms with Crippen LogP contribution in [0, 0.1) is 0 Å². The quantitative estimate of drug-likeness (QED) is 0.832. The molecule has 0 bridgehead atoms. The summed E-state index contributed by atoms with van der Waals surface area (Å²) in [7, 11) is 3.68. The van der Waals surface area contributed by atoms with E-state index in [1.807, 2.05) is 33.3 Å². The second-order valence-corrected chi connectivity index (χ2v) is 3.84. The molecule has 16 heavy (non-hydrogen) atoms. The summed E-state index contributed by atoms with van der Waals surface area (Å²) in [6.07, 6.45) is 3.69. The third-order valence-corrected chi connectivity index (χ3v) is 2.71. The predicted octanol–water partition coefficient (Wildman–Crippen LogP) is 0.798. The van der Waals surface area contributed by atoms with E-state index in [-0.39, 0.29) is 0 Å². The van der Waals surface area contributed by atoms with Crippen molar-refractivity contribution in [3.63, 3.8) is 0 Å². The van der Waals surface area contributed by atoms with Crippen LogP contribution in [-0.2, 0) is 20.5 Å². The first kappa shape index (κ1) is 10.9. The molecule has 0 radical (unpaired) electrons. The summed E-state index contributed by atoms with van der Waals surface area (Å²) in [6.45, 7) is 2.03. The average Bonchev–Trinajstić information content (AvgIpc) is 2.83. The van der Waals surface area contributed by atoms with Crippen LogP contribution in [-0.4, -0.2) is 24.7 Å². The Morgan fingerprint density at radius 2 is 2.19 bits per heavy atom. The highest BCUT2D eigenvalue weighted by Gasteiger charge is 2.19. The monoisotopic (exact) mass is 220 g/mol. The lowest BCUT2D eigenvalue weighted by Crippen LogP contribution is -2.07. The molecule has 0 fully saturated rings. The van der Waals surface area contributed by atoms with Gasteiger partial charge in [0.05, 0.1) is 11.4 Å². The van der Waals surface area contributed by atoms with Crippen LogP contribution in [0.25, 0.3) is 0 Å². The van der Waals surface area contributed by atoms with E-state index in [0.717, 1.165) is 23.4 Å². The zero-order valence-corrected chi connectivity index (χ0v) is 9.75. The molecule has 0 saturated carbocycles. The molecule has 1 N–H and O–H groups in total. The molecule has 0 aromatic carbocycles. The van der Waals surface area contributed by atoms with Crippen LogP contribution in [0.1, 0.15) is 30.0 Å². The van der Waals surface area contributed by atoms with Gasteiger partial charge in [-0.05, 0) is 12.5 Å². The highest BCUT2D eigenvalue weighted by Crippen LogP contribution is 2.23. The first-order chi connectivity index (χ1) is 7.63. The Hall–Kier alpha value is -1.62. The Morgan fingerprint density at radius 1 is 1.44 bits per heavy atom. The van der Waals surface area contributed by atoms with Crippen molar-refractivity contribution in [3.05, 3.63) is 35.4 Å². The number of aromatic nitrogens is 4. The maximum atomic E-state index is 10.3. The van der Waals surface area contributed by atoms with Gasteiger partial charge in [0.1, 0.15) is 6.10 Å². The van der Waals surface area contributed by atoms with Gasteiger partial charge in [0, 0.05) is 32.1 Å². The van der Waals surface area contributed by atoms with Crippen LogP contribution in [0.2, 0.25) is 0 Å². The van der Waals surface area contributed by atoms with Gasteiger partial charge in [-0.3, -0.25) is 9.36 Å². The van der Waals surface area contributed by atoms with Crippen molar-refractivity contribution in [1.82, 2.24) is 19.6 Å². The zero-order chi connectivity index (χ0) is 11.7. The summed E-state index contributed by atoms with van der Waals surface area (Å²) < 4.78 is 3.41. The first-order valence-electron chi connectivity index (χ1n) is 5.31. The van der Waals surface area contributed by atoms with Crippen molar-refractivity contribution in [2.75, 3.05) is 0 Å². The summed E-state index contributed by atoms with van der Waals surface area (Å²) in [5.74, 6) is 0. The topological polar surface area (TPSA) is 55.9 Å². The normalized spacial score (nSPS) is 13.0. The van der Waals surface area contributed by atoms with Crippen molar-refractivity contribution in [1.29, 1.82) is 0 Å². The van der Waals surface area contributed by atoms with E-state index in [2.05, 4.69) is 10.2 Å². The molecule has 0 aliphatic carbocycles. The fourth-order valence-corrected chi connectivity index (χ4v) is 1.87. The number of aliphatic hydroxyl groups is 1. The second-order valence-electron chi connectivity index (χ2n) is 3.84. The molecule has 5 nitrogen and oxygen atoms in total. The zero-order valence-electron chi connectivity index (χ0n) is 9.75. The third kappa shape index (κ3) is 1.74. The second kappa shape index (κ2) is 4.09. The molecule has 0 aliphatic rings. The van der Waals surface area contributed by atoms with E-state index >= 15 is 0 Å². The molecule has 0 amide bonds. The van der Waals surface area contributed by atoms with Crippen molar-refractivity contribution in [2.24, 2.45) is 14.1 Å². The van der Waals surface area contributed by atoms with E-state index in [1.165, 1.54) is 0 Å². The van der Waals surface area contributed by atoms with Crippen molar-refractivity contribution < 1.29 is 5.11 Å². The molecule has 0 aliphatic heterocycles. The summed E-state index contributed by atoms with van der Waals surface area (Å²) in [5.41, 5.74) is 2.56. The lowest BCUT2D eigenvalue weighted by atomic mass is 10.1. The van der Waals surface area contributed by atoms with E-state index in [0.29, 0.717) is 0 Å². The minimum atomic E-state index is -0.656. The molecule has 2 heterocycles. The molecule has 1 unspecified atom stereocenters. The van der Waals surface area contributed by atoms with Crippen molar-refractivity contribution >= 4 is 0 Å². The molecule has 86 valence electrons. The van der Waals surface area contributed by atoms with Gasteiger partial charge in [-0.2, -0.15) is 10.2 Å². The van der Waals surface area contributed by atoms with Gasteiger partial charge < -0.3 is 5.11 Å². The number of rotatable bonds is 3. The Morgan fingerprint density at radius 3 is 2.75 bits per heavy atom. The fraction of sp³-hybridized carbons (Fsp3) is 0.455. The maximum absolute atomic E-state index is 10.3. The van der Waals surface area contributed by atoms with Gasteiger partial charge in [0.2, 0.25) is 0 Å². The van der Waals surface area contributed by atoms with Crippen molar-refractivity contribution in [2.45, 2.75) is 19.4 Å². The van der Waals surface area contributed by atoms with Gasteiger partial charge >= 0.3 is 0 Å². The highest BCUT2D eigenvalue weighted by atomic mass is 16.3. The maximum Gasteiger partial charge on any atom is 0.124 e. The molecule has 2 aromatic heterocycles. The number of hydrogen-bond donors (Lipinski definition) is 1. The van der Waals surface area contributed by atoms with Gasteiger partial charge in [-0.1, -0.05) is 6.92 Å². The van der Waals surface area contributed by atoms with Crippen molar-refractivity contribution in [3.8, 4) is 0 Å². The first-order valence-corrected chi connectivity index (χ1v) is 5.31. The standard InChI is InChI=1S/C11H16N4O/c1-4-9-8(7-14(2)13-9)11(16)10-5-6-12-15(10)3/h5-7,11,16H,4H2,1-3H3. The Balaban J connectivity index is 2.40. The van der Waals surface area contributed by atoms with E-state index in [4.69, 9.17) is 0 Å². The largest absolute Gasteiger partial charge is 0.382 e. The molecule has 1 atom stereocenters. The van der Waals surface area contributed by atoms with Crippen LogP contribution in [0.15, 0.2) is 18.5 Å². The fourth-order valence-electron chi connectivity index (χ4n) is 1.87. The highest BCUT2D eigenvalue weighted by molar-refractivity contribution is 5.27. The average molecular weight is 220 g/mol. The summed E-state index contributed by atoms with van der Waals surface area (Å²) in [5, 5.41) is 18.6. The molecule has 0 spiro atoms. The van der Waals surface area contributed by atoms with Gasteiger partial charge in [-0.15, -0.1) is 0 Å². The van der Waals surface area contributed by atoms with Gasteiger partial charge in [0.25, 0.3) is 0 Å². The van der Waals surface area contributed by atoms with Crippen LogP contribution >= 0.6 is 0 Å². The summed E-state index contributed by atoms with van der Waals surface area (Å²) >= 11 is 0. The molecule has 5 heteroatoms. The predicted molar refractivity (Wildman–Crippen MR) is 59.9 cm³/mol. The minimum absolute atomic E-state index is 0.656. The van der Waals surface area contributed by atoms with Crippen LogP contribution in [0.4, 0.5) is 0 Å². The number of nitrogens with zero attached hydrogens (tertiary/aromatic N) is 4. The Labute approximate surface area is 94.3 Å². The third-order valence-electron chi connectivity index (χ3n) is 2.71. The number of hydrogen-bond acceptors (Lipinski definition) is 3. The van der Waals surface area contributed by atoms with E-state index < -0.39 is 6.10 Å². The van der Waals surface area contributed by atoms with Gasteiger partial charge in [-0.25, -0.2) is 0 Å². The SMILES string of the molecule is CCc1nn(C)cc1C(O)c1ccnn1C. The summed E-state index contributed by atoms with van der Waals surface area (Å²) in [6, 6.07) is 1.82. The lowest BCUT2D eigenvalue weighted by Gasteiger charge is -2.10. The molecule has 2 rings (SSSR count). The summed E-state index contributed by atoms with van der Waals surface area (Å²) in [4.78, 5) is 0. The van der Waals surface area contributed by atoms with Crippen LogP contribution in [0.5, 0.6) is 0 Å². The van der Waals surface area contributed by atoms with Gasteiger partial charge in [0.15, 0.2) is 0 Å². The smallest absolute Gasteiger partial charge is 0.124 e. The molecular weight excluding hydrogens is 204 g/mol. The lowest BCUT2D eigenvalue weighted by molar-refractivity contribution is 0.208. The van der Waals surface area contributed by atoms with Crippen LogP contribution < -0.4 is 0 Å². The van der Waals surface area contributed by atoms with E-state index in [9.17, 15) is 5.11 Å². The molecule has 2 aromatic rings. The Kier molecular flexibility index (Phi) is 2.78. The van der Waals surface area contributed by atoms with E-state index in [1.54, 1.807) is 15.6 Å². The van der Waals surface area contributed by atoms with Crippen LogP contribution in [0.3, 0.4) is 0 Å². The Bertz CT molecular complexity index is 486. The number of aliphatic hydroxyl groups excluding tert-OH is 1. The molecular formula is C11H16N4O.